The van der Waals surface area contributed by atoms with E-state index in [4.69, 9.17) is 9.47 Å². The summed E-state index contributed by atoms with van der Waals surface area (Å²) in [6.07, 6.45) is 2.14. The smallest absolute Gasteiger partial charge is 0.331 e. The fraction of sp³-hybridized carbons (Fsp3) is 0.308. The van der Waals surface area contributed by atoms with Gasteiger partial charge in [-0.2, -0.15) is 0 Å². The molecule has 0 bridgehead atoms. The van der Waals surface area contributed by atoms with Crippen molar-refractivity contribution in [2.45, 2.75) is 19.4 Å². The lowest BCUT2D eigenvalue weighted by Gasteiger charge is -2.21. The molecule has 1 heterocycles. The molecule has 0 amide bonds. The third kappa shape index (κ3) is 2.24. The van der Waals surface area contributed by atoms with Gasteiger partial charge in [0.2, 0.25) is 0 Å². The molecule has 1 aromatic carbocycles. The van der Waals surface area contributed by atoms with Crippen LogP contribution in [0, 0.1) is 0 Å². The van der Waals surface area contributed by atoms with Crippen molar-refractivity contribution in [2.75, 3.05) is 7.11 Å². The molecule has 0 N–H and O–H groups in total. The summed E-state index contributed by atoms with van der Waals surface area (Å²) in [6.45, 7) is 1.94. The zero-order chi connectivity index (χ0) is 11.5. The molecule has 0 saturated carbocycles. The minimum atomic E-state index is -0.260. The second-order valence-electron chi connectivity index (χ2n) is 3.89. The van der Waals surface area contributed by atoms with Crippen molar-refractivity contribution >= 4 is 5.97 Å². The Labute approximate surface area is 94.7 Å². The van der Waals surface area contributed by atoms with Gasteiger partial charge in [-0.25, -0.2) is 4.79 Å². The van der Waals surface area contributed by atoms with Crippen molar-refractivity contribution in [3.05, 3.63) is 41.5 Å². The molecule has 0 spiro atoms. The Morgan fingerprint density at radius 2 is 2.00 bits per heavy atom. The van der Waals surface area contributed by atoms with Crippen LogP contribution in [0.15, 0.2) is 35.9 Å². The number of benzene rings is 1. The maximum atomic E-state index is 11.3. The second-order valence-corrected chi connectivity index (χ2v) is 3.89. The highest BCUT2D eigenvalue weighted by atomic mass is 16.5. The molecule has 3 nitrogen and oxygen atoms in total. The van der Waals surface area contributed by atoms with Gasteiger partial charge in [0, 0.05) is 12.5 Å². The van der Waals surface area contributed by atoms with E-state index in [1.54, 1.807) is 13.2 Å². The van der Waals surface area contributed by atoms with Crippen LogP contribution >= 0.6 is 0 Å². The quantitative estimate of drug-likeness (QED) is 0.716. The molecule has 1 unspecified atom stereocenters. The Balaban J connectivity index is 2.18. The van der Waals surface area contributed by atoms with Crippen LogP contribution in [0.5, 0.6) is 5.75 Å². The van der Waals surface area contributed by atoms with E-state index in [-0.39, 0.29) is 12.1 Å². The lowest BCUT2D eigenvalue weighted by atomic mass is 10.00. The van der Waals surface area contributed by atoms with Gasteiger partial charge in [0.25, 0.3) is 0 Å². The van der Waals surface area contributed by atoms with Crippen molar-refractivity contribution in [3.8, 4) is 5.75 Å². The first kappa shape index (κ1) is 10.7. The Kier molecular flexibility index (Phi) is 2.95. The first-order valence-corrected chi connectivity index (χ1v) is 5.21. The molecule has 1 atom stereocenters. The van der Waals surface area contributed by atoms with Gasteiger partial charge in [-0.15, -0.1) is 0 Å². The molecule has 0 radical (unpaired) electrons. The Morgan fingerprint density at radius 3 is 2.56 bits per heavy atom. The maximum absolute atomic E-state index is 11.3. The number of cyclic esters (lactones) is 1. The third-order valence-corrected chi connectivity index (χ3v) is 2.62. The molecule has 1 aromatic rings. The van der Waals surface area contributed by atoms with Crippen molar-refractivity contribution < 1.29 is 14.3 Å². The summed E-state index contributed by atoms with van der Waals surface area (Å²) in [7, 11) is 1.63. The number of hydrogen-bond donors (Lipinski definition) is 0. The van der Waals surface area contributed by atoms with Crippen molar-refractivity contribution in [1.29, 1.82) is 0 Å². The summed E-state index contributed by atoms with van der Waals surface area (Å²) in [6, 6.07) is 7.60. The minimum Gasteiger partial charge on any atom is -0.497 e. The lowest BCUT2D eigenvalue weighted by molar-refractivity contribution is -0.144. The number of esters is 1. The Hall–Kier alpha value is -1.77. The van der Waals surface area contributed by atoms with Crippen LogP contribution in [0.4, 0.5) is 0 Å². The molecular formula is C13H14O3. The number of ether oxygens (including phenoxy) is 2. The number of carbonyl (C=O) groups is 1. The van der Waals surface area contributed by atoms with Crippen molar-refractivity contribution in [2.24, 2.45) is 0 Å². The predicted octanol–water partition coefficient (Wildman–Crippen LogP) is 2.63. The minimum absolute atomic E-state index is 0.164. The summed E-state index contributed by atoms with van der Waals surface area (Å²) in [5.41, 5.74) is 2.05. The van der Waals surface area contributed by atoms with E-state index in [2.05, 4.69) is 0 Å². The van der Waals surface area contributed by atoms with Gasteiger partial charge >= 0.3 is 5.97 Å². The first-order chi connectivity index (χ1) is 7.69. The van der Waals surface area contributed by atoms with Gasteiger partial charge in [0.15, 0.2) is 0 Å². The zero-order valence-corrected chi connectivity index (χ0v) is 9.40. The van der Waals surface area contributed by atoms with Gasteiger partial charge in [-0.3, -0.25) is 0 Å². The zero-order valence-electron chi connectivity index (χ0n) is 9.40. The van der Waals surface area contributed by atoms with Gasteiger partial charge < -0.3 is 9.47 Å². The summed E-state index contributed by atoms with van der Waals surface area (Å²) in [5.74, 6) is 0.544. The standard InChI is InChI=1S/C13H14O3/c1-9-7-12(16-13(14)8-9)10-3-5-11(15-2)6-4-10/h3-6,8,12H,7H2,1-2H3. The van der Waals surface area contributed by atoms with E-state index in [1.165, 1.54) is 0 Å². The lowest BCUT2D eigenvalue weighted by Crippen LogP contribution is -2.15. The highest BCUT2D eigenvalue weighted by Crippen LogP contribution is 2.29. The largest absolute Gasteiger partial charge is 0.497 e. The molecule has 3 heteroatoms. The molecule has 1 aliphatic heterocycles. The van der Waals surface area contributed by atoms with E-state index in [0.717, 1.165) is 23.3 Å². The highest BCUT2D eigenvalue weighted by molar-refractivity contribution is 5.83. The average molecular weight is 218 g/mol. The fourth-order valence-electron chi connectivity index (χ4n) is 1.77. The molecule has 0 aliphatic carbocycles. The monoisotopic (exact) mass is 218 g/mol. The molecular weight excluding hydrogens is 204 g/mol. The van der Waals surface area contributed by atoms with Gasteiger partial charge in [-0.1, -0.05) is 17.7 Å². The second kappa shape index (κ2) is 4.39. The molecule has 2 rings (SSSR count). The molecule has 16 heavy (non-hydrogen) atoms. The molecule has 0 saturated heterocycles. The van der Waals surface area contributed by atoms with Crippen molar-refractivity contribution in [3.63, 3.8) is 0 Å². The number of methoxy groups -OCH3 is 1. The van der Waals surface area contributed by atoms with Crippen LogP contribution < -0.4 is 4.74 Å². The van der Waals surface area contributed by atoms with Crippen LogP contribution in [0.25, 0.3) is 0 Å². The van der Waals surface area contributed by atoms with E-state index in [0.29, 0.717) is 0 Å². The van der Waals surface area contributed by atoms with Crippen LogP contribution in [0.2, 0.25) is 0 Å². The third-order valence-electron chi connectivity index (χ3n) is 2.62. The summed E-state index contributed by atoms with van der Waals surface area (Å²) in [4.78, 5) is 11.3. The fourth-order valence-corrected chi connectivity index (χ4v) is 1.77. The molecule has 0 aromatic heterocycles. The van der Waals surface area contributed by atoms with Gasteiger partial charge in [-0.05, 0) is 24.6 Å². The highest BCUT2D eigenvalue weighted by Gasteiger charge is 2.20. The van der Waals surface area contributed by atoms with Crippen LogP contribution in [0.1, 0.15) is 25.0 Å². The molecule has 84 valence electrons. The average Bonchev–Trinajstić information content (AvgIpc) is 2.28. The number of carbonyl (C=O) groups excluding carboxylic acids is 1. The van der Waals surface area contributed by atoms with Gasteiger partial charge in [0.1, 0.15) is 11.9 Å². The maximum Gasteiger partial charge on any atom is 0.331 e. The van der Waals surface area contributed by atoms with Crippen molar-refractivity contribution in [1.82, 2.24) is 0 Å². The number of hydrogen-bond acceptors (Lipinski definition) is 3. The van der Waals surface area contributed by atoms with Crippen LogP contribution in [-0.4, -0.2) is 13.1 Å². The summed E-state index contributed by atoms with van der Waals surface area (Å²) < 4.78 is 10.3. The van der Waals surface area contributed by atoms with E-state index in [1.807, 2.05) is 31.2 Å². The van der Waals surface area contributed by atoms with Crippen LogP contribution in [0.3, 0.4) is 0 Å². The topological polar surface area (TPSA) is 35.5 Å². The van der Waals surface area contributed by atoms with E-state index in [9.17, 15) is 4.79 Å². The molecule has 0 fully saturated rings. The van der Waals surface area contributed by atoms with Crippen LogP contribution in [-0.2, 0) is 9.53 Å². The predicted molar refractivity (Wildman–Crippen MR) is 60.2 cm³/mol. The summed E-state index contributed by atoms with van der Waals surface area (Å²) >= 11 is 0. The van der Waals surface area contributed by atoms with E-state index >= 15 is 0 Å². The normalized spacial score (nSPS) is 20.0. The Bertz CT molecular complexity index is 417. The first-order valence-electron chi connectivity index (χ1n) is 5.21. The van der Waals surface area contributed by atoms with E-state index < -0.39 is 0 Å². The molecule has 1 aliphatic rings. The Morgan fingerprint density at radius 1 is 1.31 bits per heavy atom. The number of rotatable bonds is 2. The van der Waals surface area contributed by atoms with Gasteiger partial charge in [0.05, 0.1) is 7.11 Å². The summed E-state index contributed by atoms with van der Waals surface area (Å²) in [5, 5.41) is 0. The SMILES string of the molecule is COc1ccc(C2CC(C)=CC(=O)O2)cc1.